The van der Waals surface area contributed by atoms with E-state index in [1.54, 1.807) is 0 Å². The van der Waals surface area contributed by atoms with Crippen molar-refractivity contribution < 1.29 is 10.2 Å². The van der Waals surface area contributed by atoms with Crippen molar-refractivity contribution >= 4 is 0 Å². The van der Waals surface area contributed by atoms with Crippen LogP contribution in [0.5, 0.6) is 0 Å². The minimum Gasteiger partial charge on any atom is -0.395 e. The number of nitrogens with zero attached hydrogens (tertiary/aromatic N) is 1. The van der Waals surface area contributed by atoms with Gasteiger partial charge in [-0.3, -0.25) is 4.90 Å². The van der Waals surface area contributed by atoms with E-state index in [9.17, 15) is 10.2 Å². The van der Waals surface area contributed by atoms with Crippen LogP contribution in [0.25, 0.3) is 0 Å². The fourth-order valence-electron chi connectivity index (χ4n) is 2.57. The lowest BCUT2D eigenvalue weighted by molar-refractivity contribution is 0.0903. The quantitative estimate of drug-likeness (QED) is 0.827. The summed E-state index contributed by atoms with van der Waals surface area (Å²) in [5.41, 5.74) is 2.50. The van der Waals surface area contributed by atoms with Crippen molar-refractivity contribution in [3.63, 3.8) is 0 Å². The number of aliphatic hydroxyl groups is 2. The highest BCUT2D eigenvalue weighted by Gasteiger charge is 2.32. The Labute approximate surface area is 103 Å². The molecular weight excluding hydrogens is 214 g/mol. The Morgan fingerprint density at radius 1 is 1.06 bits per heavy atom. The molecule has 2 rings (SSSR count). The highest BCUT2D eigenvalue weighted by atomic mass is 16.3. The molecule has 1 heterocycles. The molecule has 2 atom stereocenters. The first-order valence-corrected chi connectivity index (χ1v) is 6.27. The van der Waals surface area contributed by atoms with Crippen molar-refractivity contribution in [1.29, 1.82) is 0 Å². The second kappa shape index (κ2) is 5.63. The monoisotopic (exact) mass is 235 g/mol. The van der Waals surface area contributed by atoms with E-state index < -0.39 is 0 Å². The van der Waals surface area contributed by atoms with Crippen LogP contribution in [0.4, 0.5) is 0 Å². The standard InChI is InChI=1S/C14H21NO2/c1-11-2-4-12(5-3-11)8-15-13(9-16)6-7-14(15)10-17/h2-5,13-14,16-17H,6-10H2,1H3/t13-,14-/m0/s1. The number of hydrogen-bond donors (Lipinski definition) is 2. The van der Waals surface area contributed by atoms with Gasteiger partial charge in [0.2, 0.25) is 0 Å². The third-order valence-electron chi connectivity index (χ3n) is 3.68. The Morgan fingerprint density at radius 2 is 1.59 bits per heavy atom. The van der Waals surface area contributed by atoms with Crippen LogP contribution in [0.3, 0.4) is 0 Å². The molecule has 1 saturated heterocycles. The summed E-state index contributed by atoms with van der Waals surface area (Å²) in [5, 5.41) is 18.7. The van der Waals surface area contributed by atoms with Gasteiger partial charge in [0.15, 0.2) is 0 Å². The van der Waals surface area contributed by atoms with Gasteiger partial charge >= 0.3 is 0 Å². The van der Waals surface area contributed by atoms with Crippen LogP contribution in [0.15, 0.2) is 24.3 Å². The van der Waals surface area contributed by atoms with Gasteiger partial charge in [0.05, 0.1) is 13.2 Å². The van der Waals surface area contributed by atoms with E-state index >= 15 is 0 Å². The molecule has 1 aliphatic heterocycles. The molecule has 0 spiro atoms. The summed E-state index contributed by atoms with van der Waals surface area (Å²) in [6, 6.07) is 8.86. The first kappa shape index (κ1) is 12.6. The Kier molecular flexibility index (Phi) is 4.15. The molecule has 0 aliphatic carbocycles. The smallest absolute Gasteiger partial charge is 0.0587 e. The SMILES string of the molecule is Cc1ccc(CN2[C@H](CO)CC[C@H]2CO)cc1. The normalized spacial score (nSPS) is 25.4. The van der Waals surface area contributed by atoms with E-state index in [-0.39, 0.29) is 25.3 Å². The lowest BCUT2D eigenvalue weighted by Gasteiger charge is -2.28. The number of benzene rings is 1. The van der Waals surface area contributed by atoms with E-state index in [0.717, 1.165) is 19.4 Å². The minimum atomic E-state index is 0.183. The largest absolute Gasteiger partial charge is 0.395 e. The number of likely N-dealkylation sites (tertiary alicyclic amines) is 1. The van der Waals surface area contributed by atoms with Crippen LogP contribution in [-0.4, -0.2) is 40.4 Å². The maximum Gasteiger partial charge on any atom is 0.0587 e. The molecule has 1 aromatic rings. The molecule has 0 aromatic heterocycles. The molecule has 0 unspecified atom stereocenters. The van der Waals surface area contributed by atoms with Gasteiger partial charge in [0.1, 0.15) is 0 Å². The Balaban J connectivity index is 2.07. The Morgan fingerprint density at radius 3 is 2.06 bits per heavy atom. The lowest BCUT2D eigenvalue weighted by Crippen LogP contribution is -2.39. The zero-order chi connectivity index (χ0) is 12.3. The van der Waals surface area contributed by atoms with E-state index in [1.807, 2.05) is 0 Å². The first-order valence-electron chi connectivity index (χ1n) is 6.27. The molecule has 2 N–H and O–H groups in total. The van der Waals surface area contributed by atoms with Crippen LogP contribution >= 0.6 is 0 Å². The van der Waals surface area contributed by atoms with Gasteiger partial charge in [0, 0.05) is 18.6 Å². The molecule has 0 radical (unpaired) electrons. The summed E-state index contributed by atoms with van der Waals surface area (Å²) in [6.45, 7) is 3.26. The molecule has 17 heavy (non-hydrogen) atoms. The van der Waals surface area contributed by atoms with Crippen molar-refractivity contribution in [2.75, 3.05) is 13.2 Å². The van der Waals surface area contributed by atoms with Crippen LogP contribution in [0, 0.1) is 6.92 Å². The molecule has 1 aliphatic rings. The number of aryl methyl sites for hydroxylation is 1. The van der Waals surface area contributed by atoms with Gasteiger partial charge in [-0.25, -0.2) is 0 Å². The van der Waals surface area contributed by atoms with Gasteiger partial charge in [-0.15, -0.1) is 0 Å². The summed E-state index contributed by atoms with van der Waals surface area (Å²) in [4.78, 5) is 2.23. The van der Waals surface area contributed by atoms with Crippen molar-refractivity contribution in [1.82, 2.24) is 4.90 Å². The molecule has 1 aromatic carbocycles. The average molecular weight is 235 g/mol. The summed E-state index contributed by atoms with van der Waals surface area (Å²) in [6.07, 6.45) is 1.96. The number of rotatable bonds is 4. The zero-order valence-corrected chi connectivity index (χ0v) is 10.3. The molecule has 1 fully saturated rings. The van der Waals surface area contributed by atoms with Crippen LogP contribution < -0.4 is 0 Å². The van der Waals surface area contributed by atoms with Crippen molar-refractivity contribution in [3.05, 3.63) is 35.4 Å². The summed E-state index contributed by atoms with van der Waals surface area (Å²) >= 11 is 0. The topological polar surface area (TPSA) is 43.7 Å². The Hall–Kier alpha value is -0.900. The van der Waals surface area contributed by atoms with Crippen LogP contribution in [0.2, 0.25) is 0 Å². The van der Waals surface area contributed by atoms with Crippen LogP contribution in [-0.2, 0) is 6.54 Å². The highest BCUT2D eigenvalue weighted by molar-refractivity contribution is 5.21. The predicted octanol–water partition coefficient (Wildman–Crippen LogP) is 1.31. The summed E-state index contributed by atoms with van der Waals surface area (Å²) < 4.78 is 0. The first-order chi connectivity index (χ1) is 8.24. The third kappa shape index (κ3) is 2.86. The molecule has 3 nitrogen and oxygen atoms in total. The average Bonchev–Trinajstić information content (AvgIpc) is 2.74. The predicted molar refractivity (Wildman–Crippen MR) is 67.7 cm³/mol. The summed E-state index contributed by atoms with van der Waals surface area (Å²) in [7, 11) is 0. The molecule has 0 bridgehead atoms. The van der Waals surface area contributed by atoms with Gasteiger partial charge in [-0.2, -0.15) is 0 Å². The second-order valence-corrected chi connectivity index (χ2v) is 4.91. The van der Waals surface area contributed by atoms with E-state index in [4.69, 9.17) is 0 Å². The Bertz CT molecular complexity index is 338. The minimum absolute atomic E-state index is 0.183. The maximum absolute atomic E-state index is 9.35. The van der Waals surface area contributed by atoms with Crippen LogP contribution in [0.1, 0.15) is 24.0 Å². The molecule has 0 amide bonds. The molecule has 94 valence electrons. The zero-order valence-electron chi connectivity index (χ0n) is 10.3. The third-order valence-corrected chi connectivity index (χ3v) is 3.68. The molecule has 0 saturated carbocycles. The van der Waals surface area contributed by atoms with Crippen molar-refractivity contribution in [2.24, 2.45) is 0 Å². The number of aliphatic hydroxyl groups excluding tert-OH is 2. The van der Waals surface area contributed by atoms with Crippen molar-refractivity contribution in [3.8, 4) is 0 Å². The fraction of sp³-hybridized carbons (Fsp3) is 0.571. The van der Waals surface area contributed by atoms with Gasteiger partial charge < -0.3 is 10.2 Å². The van der Waals surface area contributed by atoms with E-state index in [2.05, 4.69) is 36.1 Å². The number of hydrogen-bond acceptors (Lipinski definition) is 3. The van der Waals surface area contributed by atoms with Gasteiger partial charge in [-0.1, -0.05) is 29.8 Å². The molecule has 3 heteroatoms. The molecular formula is C14H21NO2. The van der Waals surface area contributed by atoms with Gasteiger partial charge in [0.25, 0.3) is 0 Å². The van der Waals surface area contributed by atoms with Crippen molar-refractivity contribution in [2.45, 2.75) is 38.4 Å². The highest BCUT2D eigenvalue weighted by Crippen LogP contribution is 2.25. The lowest BCUT2D eigenvalue weighted by atomic mass is 10.1. The maximum atomic E-state index is 9.35. The van der Waals surface area contributed by atoms with Gasteiger partial charge in [-0.05, 0) is 25.3 Å². The fourth-order valence-corrected chi connectivity index (χ4v) is 2.57. The summed E-state index contributed by atoms with van der Waals surface area (Å²) in [5.74, 6) is 0. The second-order valence-electron chi connectivity index (χ2n) is 4.91. The van der Waals surface area contributed by atoms with E-state index in [0.29, 0.717) is 0 Å². The van der Waals surface area contributed by atoms with E-state index in [1.165, 1.54) is 11.1 Å².